The molecule has 0 spiro atoms. The quantitative estimate of drug-likeness (QED) is 0.598. The molecule has 0 N–H and O–H groups in total. The van der Waals surface area contributed by atoms with Crippen molar-refractivity contribution in [1.82, 2.24) is 4.90 Å². The van der Waals surface area contributed by atoms with Crippen LogP contribution in [0.3, 0.4) is 0 Å². The van der Waals surface area contributed by atoms with Crippen molar-refractivity contribution < 1.29 is 18.7 Å². The normalized spacial score (nSPS) is 10.8. The molecule has 0 radical (unpaired) electrons. The van der Waals surface area contributed by atoms with Gasteiger partial charge in [-0.1, -0.05) is 15.9 Å². The highest BCUT2D eigenvalue weighted by Gasteiger charge is 2.22. The minimum Gasteiger partial charge on any atom is -0.497 e. The molecule has 0 saturated heterocycles. The van der Waals surface area contributed by atoms with Crippen LogP contribution in [0.1, 0.15) is 21.7 Å². The summed E-state index contributed by atoms with van der Waals surface area (Å²) in [4.78, 5) is 14.8. The summed E-state index contributed by atoms with van der Waals surface area (Å²) in [5, 5.41) is 0.750. The summed E-state index contributed by atoms with van der Waals surface area (Å²) in [5.74, 6) is 1.90. The summed E-state index contributed by atoms with van der Waals surface area (Å²) in [5.41, 5.74) is 2.14. The molecule has 3 aromatic rings. The lowest BCUT2D eigenvalue weighted by molar-refractivity contribution is 0.0784. The SMILES string of the molecule is COc1ccc2oc(C)c(C(=O)N(C)Cc3cc(Br)ccc3OC)c2c1. The van der Waals surface area contributed by atoms with Crippen LogP contribution in [0.15, 0.2) is 45.3 Å². The van der Waals surface area contributed by atoms with Crippen molar-refractivity contribution in [1.29, 1.82) is 0 Å². The topological polar surface area (TPSA) is 51.9 Å². The highest BCUT2D eigenvalue weighted by Crippen LogP contribution is 2.31. The van der Waals surface area contributed by atoms with E-state index < -0.39 is 0 Å². The van der Waals surface area contributed by atoms with E-state index in [0.29, 0.717) is 29.2 Å². The minimum absolute atomic E-state index is 0.114. The molecule has 0 aliphatic carbocycles. The first-order valence-corrected chi connectivity index (χ1v) is 8.89. The molecule has 2 aromatic carbocycles. The Kier molecular flexibility index (Phi) is 5.23. The van der Waals surface area contributed by atoms with Crippen molar-refractivity contribution in [2.24, 2.45) is 0 Å². The maximum atomic E-state index is 13.1. The maximum absolute atomic E-state index is 13.1. The van der Waals surface area contributed by atoms with Crippen LogP contribution in [0.25, 0.3) is 11.0 Å². The van der Waals surface area contributed by atoms with E-state index in [1.807, 2.05) is 36.4 Å². The zero-order valence-corrected chi connectivity index (χ0v) is 16.7. The minimum atomic E-state index is -0.114. The number of carbonyl (C=O) groups is 1. The van der Waals surface area contributed by atoms with Gasteiger partial charge < -0.3 is 18.8 Å². The summed E-state index contributed by atoms with van der Waals surface area (Å²) in [6, 6.07) is 11.2. The third kappa shape index (κ3) is 3.42. The number of carbonyl (C=O) groups excluding carboxylic acids is 1. The molecule has 0 fully saturated rings. The molecule has 0 aliphatic rings. The van der Waals surface area contributed by atoms with Crippen LogP contribution >= 0.6 is 15.9 Å². The third-order valence-corrected chi connectivity index (χ3v) is 4.77. The molecule has 5 nitrogen and oxygen atoms in total. The fourth-order valence-electron chi connectivity index (χ4n) is 2.98. The van der Waals surface area contributed by atoms with Gasteiger partial charge in [-0.05, 0) is 43.3 Å². The molecule has 0 atom stereocenters. The molecule has 136 valence electrons. The number of nitrogens with zero attached hydrogens (tertiary/aromatic N) is 1. The lowest BCUT2D eigenvalue weighted by atomic mass is 10.1. The van der Waals surface area contributed by atoms with Gasteiger partial charge in [0.25, 0.3) is 5.91 Å². The van der Waals surface area contributed by atoms with E-state index in [2.05, 4.69) is 15.9 Å². The van der Waals surface area contributed by atoms with Crippen molar-refractivity contribution in [3.8, 4) is 11.5 Å². The first-order chi connectivity index (χ1) is 12.4. The smallest absolute Gasteiger partial charge is 0.258 e. The van der Waals surface area contributed by atoms with E-state index in [9.17, 15) is 4.79 Å². The van der Waals surface area contributed by atoms with E-state index in [0.717, 1.165) is 21.2 Å². The highest BCUT2D eigenvalue weighted by molar-refractivity contribution is 9.10. The Hall–Kier alpha value is -2.47. The Morgan fingerprint density at radius 1 is 1.15 bits per heavy atom. The Morgan fingerprint density at radius 2 is 1.92 bits per heavy atom. The van der Waals surface area contributed by atoms with E-state index >= 15 is 0 Å². The van der Waals surface area contributed by atoms with Crippen molar-refractivity contribution in [2.45, 2.75) is 13.5 Å². The molecule has 1 heterocycles. The Bertz CT molecular complexity index is 964. The summed E-state index contributed by atoms with van der Waals surface area (Å²) >= 11 is 3.46. The largest absolute Gasteiger partial charge is 0.497 e. The Balaban J connectivity index is 1.95. The summed E-state index contributed by atoms with van der Waals surface area (Å²) in [7, 11) is 4.98. The zero-order valence-electron chi connectivity index (χ0n) is 15.1. The standard InChI is InChI=1S/C20H20BrNO4/c1-12-19(16-10-15(24-3)6-8-18(16)26-12)20(23)22(2)11-13-9-14(21)5-7-17(13)25-4/h5-10H,11H2,1-4H3. The van der Waals surface area contributed by atoms with Gasteiger partial charge in [-0.25, -0.2) is 0 Å². The molecule has 0 unspecified atom stereocenters. The van der Waals surface area contributed by atoms with Crippen LogP contribution in [-0.2, 0) is 6.54 Å². The van der Waals surface area contributed by atoms with Gasteiger partial charge in [0.15, 0.2) is 0 Å². The zero-order chi connectivity index (χ0) is 18.8. The molecule has 6 heteroatoms. The monoisotopic (exact) mass is 417 g/mol. The number of rotatable bonds is 5. The molecule has 0 bridgehead atoms. The lowest BCUT2D eigenvalue weighted by Gasteiger charge is -2.19. The van der Waals surface area contributed by atoms with Gasteiger partial charge in [0.1, 0.15) is 22.8 Å². The van der Waals surface area contributed by atoms with Crippen LogP contribution < -0.4 is 9.47 Å². The second-order valence-electron chi connectivity index (χ2n) is 6.01. The molecule has 1 aromatic heterocycles. The number of benzene rings is 2. The average Bonchev–Trinajstić information content (AvgIpc) is 2.95. The number of aryl methyl sites for hydroxylation is 1. The van der Waals surface area contributed by atoms with Gasteiger partial charge >= 0.3 is 0 Å². The number of halogens is 1. The fraction of sp³-hybridized carbons (Fsp3) is 0.250. The first kappa shape index (κ1) is 18.3. The van der Waals surface area contributed by atoms with Gasteiger partial charge in [0.05, 0.1) is 19.8 Å². The van der Waals surface area contributed by atoms with Gasteiger partial charge in [0, 0.05) is 29.0 Å². The van der Waals surface area contributed by atoms with Crippen LogP contribution in [-0.4, -0.2) is 32.1 Å². The van der Waals surface area contributed by atoms with Crippen LogP contribution in [0, 0.1) is 6.92 Å². The third-order valence-electron chi connectivity index (χ3n) is 4.28. The molecular weight excluding hydrogens is 398 g/mol. The molecular formula is C20H20BrNO4. The van der Waals surface area contributed by atoms with E-state index in [1.165, 1.54) is 0 Å². The molecule has 1 amide bonds. The van der Waals surface area contributed by atoms with Crippen molar-refractivity contribution in [2.75, 3.05) is 21.3 Å². The van der Waals surface area contributed by atoms with Gasteiger partial charge in [-0.15, -0.1) is 0 Å². The second kappa shape index (κ2) is 7.41. The molecule has 26 heavy (non-hydrogen) atoms. The van der Waals surface area contributed by atoms with E-state index in [-0.39, 0.29) is 5.91 Å². The van der Waals surface area contributed by atoms with Gasteiger partial charge in [-0.3, -0.25) is 4.79 Å². The van der Waals surface area contributed by atoms with E-state index in [4.69, 9.17) is 13.9 Å². The van der Waals surface area contributed by atoms with Gasteiger partial charge in [0.2, 0.25) is 0 Å². The average molecular weight is 418 g/mol. The first-order valence-electron chi connectivity index (χ1n) is 8.09. The summed E-state index contributed by atoms with van der Waals surface area (Å²) in [6.45, 7) is 2.21. The summed E-state index contributed by atoms with van der Waals surface area (Å²) < 4.78 is 17.4. The number of methoxy groups -OCH3 is 2. The number of amides is 1. The Labute approximate surface area is 160 Å². The number of hydrogen-bond donors (Lipinski definition) is 0. The molecule has 3 rings (SSSR count). The number of hydrogen-bond acceptors (Lipinski definition) is 4. The fourth-order valence-corrected chi connectivity index (χ4v) is 3.39. The van der Waals surface area contributed by atoms with Crippen molar-refractivity contribution in [3.05, 3.63) is 57.8 Å². The number of furan rings is 1. The summed E-state index contributed by atoms with van der Waals surface area (Å²) in [6.07, 6.45) is 0. The maximum Gasteiger partial charge on any atom is 0.258 e. The molecule has 0 saturated carbocycles. The molecule has 0 aliphatic heterocycles. The van der Waals surface area contributed by atoms with Crippen LogP contribution in [0.4, 0.5) is 0 Å². The highest BCUT2D eigenvalue weighted by atomic mass is 79.9. The number of ether oxygens (including phenoxy) is 2. The lowest BCUT2D eigenvalue weighted by Crippen LogP contribution is -2.26. The second-order valence-corrected chi connectivity index (χ2v) is 6.93. The predicted octanol–water partition coefficient (Wildman–Crippen LogP) is 4.79. The Morgan fingerprint density at radius 3 is 2.62 bits per heavy atom. The van der Waals surface area contributed by atoms with Crippen molar-refractivity contribution in [3.63, 3.8) is 0 Å². The van der Waals surface area contributed by atoms with Gasteiger partial charge in [-0.2, -0.15) is 0 Å². The van der Waals surface area contributed by atoms with Crippen molar-refractivity contribution >= 4 is 32.8 Å². The number of fused-ring (bicyclic) bond motifs is 1. The van der Waals surface area contributed by atoms with Crippen LogP contribution in [0.5, 0.6) is 11.5 Å². The van der Waals surface area contributed by atoms with E-state index in [1.54, 1.807) is 33.1 Å². The predicted molar refractivity (Wildman–Crippen MR) is 104 cm³/mol. The van der Waals surface area contributed by atoms with Crippen LogP contribution in [0.2, 0.25) is 0 Å².